The van der Waals surface area contributed by atoms with Gasteiger partial charge >= 0.3 is 5.97 Å². The predicted molar refractivity (Wildman–Crippen MR) is 98.9 cm³/mol. The third-order valence-electron chi connectivity index (χ3n) is 4.83. The van der Waals surface area contributed by atoms with Crippen LogP contribution in [0.3, 0.4) is 0 Å². The molecule has 26 heavy (non-hydrogen) atoms. The van der Waals surface area contributed by atoms with Crippen LogP contribution in [0.5, 0.6) is 5.75 Å². The van der Waals surface area contributed by atoms with Gasteiger partial charge in [0.1, 0.15) is 5.75 Å². The topological polar surface area (TPSA) is 66.8 Å². The molecule has 1 aliphatic heterocycles. The van der Waals surface area contributed by atoms with Gasteiger partial charge in [-0.2, -0.15) is 0 Å². The van der Waals surface area contributed by atoms with Crippen molar-refractivity contribution < 1.29 is 19.4 Å². The zero-order valence-electron chi connectivity index (χ0n) is 14.8. The summed E-state index contributed by atoms with van der Waals surface area (Å²) in [7, 11) is 0. The number of hydrogen-bond donors (Lipinski definition) is 1. The fraction of sp³-hybridized carbons (Fsp3) is 0.333. The number of carbonyl (C=O) groups is 2. The second kappa shape index (κ2) is 8.04. The molecule has 2 aromatic rings. The number of carbonyl (C=O) groups excluding carboxylic acids is 1. The molecule has 0 aliphatic carbocycles. The number of hydrogen-bond acceptors (Lipinski definition) is 3. The Bertz CT molecular complexity index is 775. The Labute approximate surface area is 153 Å². The minimum atomic E-state index is -0.833. The fourth-order valence-electron chi connectivity index (χ4n) is 3.35. The molecule has 1 saturated heterocycles. The average molecular weight is 353 g/mol. The fourth-order valence-corrected chi connectivity index (χ4v) is 3.35. The van der Waals surface area contributed by atoms with Crippen LogP contribution in [0.4, 0.5) is 0 Å². The first-order chi connectivity index (χ1) is 12.6. The van der Waals surface area contributed by atoms with E-state index in [0.29, 0.717) is 6.54 Å². The van der Waals surface area contributed by atoms with E-state index in [0.717, 1.165) is 16.9 Å². The number of likely N-dealkylation sites (tertiary alicyclic amines) is 1. The van der Waals surface area contributed by atoms with Crippen LogP contribution in [-0.4, -0.2) is 41.6 Å². The van der Waals surface area contributed by atoms with Crippen LogP contribution in [0, 0.1) is 11.8 Å². The maximum atomic E-state index is 12.4. The molecule has 2 aromatic carbocycles. The number of rotatable bonds is 6. The molecule has 0 bridgehead atoms. The van der Waals surface area contributed by atoms with E-state index in [1.165, 1.54) is 0 Å². The van der Waals surface area contributed by atoms with Gasteiger partial charge < -0.3 is 14.7 Å². The highest BCUT2D eigenvalue weighted by molar-refractivity contribution is 5.79. The van der Waals surface area contributed by atoms with Gasteiger partial charge in [0.25, 0.3) is 0 Å². The van der Waals surface area contributed by atoms with Crippen LogP contribution < -0.4 is 4.74 Å². The normalized spacial score (nSPS) is 19.3. The summed E-state index contributed by atoms with van der Waals surface area (Å²) in [5.41, 5.74) is 2.05. The maximum Gasteiger partial charge on any atom is 0.308 e. The van der Waals surface area contributed by atoms with Gasteiger partial charge in [-0.15, -0.1) is 0 Å². The Balaban J connectivity index is 1.58. The van der Waals surface area contributed by atoms with Crippen molar-refractivity contribution in [1.82, 2.24) is 4.90 Å². The first-order valence-corrected chi connectivity index (χ1v) is 8.84. The number of para-hydroxylation sites is 1. The molecule has 0 unspecified atom stereocenters. The van der Waals surface area contributed by atoms with Gasteiger partial charge in [0.15, 0.2) is 0 Å². The van der Waals surface area contributed by atoms with Gasteiger partial charge in [0, 0.05) is 18.7 Å². The van der Waals surface area contributed by atoms with E-state index in [1.54, 1.807) is 4.90 Å². The lowest BCUT2D eigenvalue weighted by Gasteiger charge is -2.17. The van der Waals surface area contributed by atoms with Crippen LogP contribution in [0.15, 0.2) is 54.6 Å². The Morgan fingerprint density at radius 2 is 1.77 bits per heavy atom. The van der Waals surface area contributed by atoms with Crippen LogP contribution in [0.2, 0.25) is 0 Å². The van der Waals surface area contributed by atoms with Crippen molar-refractivity contribution in [2.24, 2.45) is 11.8 Å². The number of carboxylic acids is 1. The molecule has 5 nitrogen and oxygen atoms in total. The molecule has 0 radical (unpaired) electrons. The molecule has 3 rings (SSSR count). The third kappa shape index (κ3) is 4.04. The standard InChI is InChI=1S/C21H23NO4/c1-15-13-22(14-18(15)21(24)25)20(23)11-12-26-19-10-6-5-9-17(19)16-7-3-2-4-8-16/h2-10,15,18H,11-14H2,1H3,(H,24,25)/t15-,18-/m1/s1. The van der Waals surface area contributed by atoms with Gasteiger partial charge in [-0.3, -0.25) is 9.59 Å². The summed E-state index contributed by atoms with van der Waals surface area (Å²) in [6.45, 7) is 2.93. The van der Waals surface area contributed by atoms with Crippen molar-refractivity contribution in [2.45, 2.75) is 13.3 Å². The zero-order valence-corrected chi connectivity index (χ0v) is 14.8. The van der Waals surface area contributed by atoms with E-state index >= 15 is 0 Å². The van der Waals surface area contributed by atoms with E-state index in [-0.39, 0.29) is 31.4 Å². The summed E-state index contributed by atoms with van der Waals surface area (Å²) in [5, 5.41) is 9.18. The van der Waals surface area contributed by atoms with E-state index < -0.39 is 11.9 Å². The summed E-state index contributed by atoms with van der Waals surface area (Å²) in [5.74, 6) is -0.641. The van der Waals surface area contributed by atoms with Crippen molar-refractivity contribution >= 4 is 11.9 Å². The summed E-state index contributed by atoms with van der Waals surface area (Å²) < 4.78 is 5.86. The smallest absolute Gasteiger partial charge is 0.308 e. The van der Waals surface area contributed by atoms with Gasteiger partial charge in [-0.1, -0.05) is 55.5 Å². The first kappa shape index (κ1) is 18.0. The molecule has 5 heteroatoms. The molecular formula is C21H23NO4. The van der Waals surface area contributed by atoms with Crippen LogP contribution in [0.1, 0.15) is 13.3 Å². The van der Waals surface area contributed by atoms with Crippen molar-refractivity contribution in [3.63, 3.8) is 0 Å². The lowest BCUT2D eigenvalue weighted by molar-refractivity contribution is -0.142. The number of aliphatic carboxylic acids is 1. The molecular weight excluding hydrogens is 330 g/mol. The van der Waals surface area contributed by atoms with Crippen molar-refractivity contribution in [3.8, 4) is 16.9 Å². The minimum Gasteiger partial charge on any atom is -0.492 e. The number of nitrogens with zero attached hydrogens (tertiary/aromatic N) is 1. The van der Waals surface area contributed by atoms with Crippen molar-refractivity contribution in [3.05, 3.63) is 54.6 Å². The molecule has 136 valence electrons. The highest BCUT2D eigenvalue weighted by Gasteiger charge is 2.36. The second-order valence-electron chi connectivity index (χ2n) is 6.68. The average Bonchev–Trinajstić information content (AvgIpc) is 3.05. The summed E-state index contributed by atoms with van der Waals surface area (Å²) >= 11 is 0. The van der Waals surface area contributed by atoms with E-state index in [4.69, 9.17) is 4.74 Å². The number of amides is 1. The van der Waals surface area contributed by atoms with Crippen LogP contribution in [0.25, 0.3) is 11.1 Å². The number of benzene rings is 2. The van der Waals surface area contributed by atoms with Crippen molar-refractivity contribution in [2.75, 3.05) is 19.7 Å². The first-order valence-electron chi connectivity index (χ1n) is 8.84. The largest absolute Gasteiger partial charge is 0.492 e. The Kier molecular flexibility index (Phi) is 5.56. The second-order valence-corrected chi connectivity index (χ2v) is 6.68. The zero-order chi connectivity index (χ0) is 18.5. The summed E-state index contributed by atoms with van der Waals surface area (Å²) in [6.07, 6.45) is 0.238. The van der Waals surface area contributed by atoms with Gasteiger partial charge in [0.05, 0.1) is 18.9 Å². The molecule has 1 fully saturated rings. The Morgan fingerprint density at radius 3 is 2.46 bits per heavy atom. The summed E-state index contributed by atoms with van der Waals surface area (Å²) in [6, 6.07) is 17.7. The van der Waals surface area contributed by atoms with Gasteiger partial charge in [0.2, 0.25) is 5.91 Å². The lowest BCUT2D eigenvalue weighted by atomic mass is 9.99. The molecule has 1 N–H and O–H groups in total. The van der Waals surface area contributed by atoms with E-state index in [9.17, 15) is 14.7 Å². The SMILES string of the molecule is C[C@@H]1CN(C(=O)CCOc2ccccc2-c2ccccc2)C[C@H]1C(=O)O. The molecule has 0 aromatic heterocycles. The Morgan fingerprint density at radius 1 is 1.08 bits per heavy atom. The number of carboxylic acid groups (broad SMARTS) is 1. The molecule has 0 spiro atoms. The minimum absolute atomic E-state index is 0.0174. The molecule has 2 atom stereocenters. The highest BCUT2D eigenvalue weighted by Crippen LogP contribution is 2.29. The van der Waals surface area contributed by atoms with Crippen LogP contribution in [-0.2, 0) is 9.59 Å². The quantitative estimate of drug-likeness (QED) is 0.865. The molecule has 1 aliphatic rings. The highest BCUT2D eigenvalue weighted by atomic mass is 16.5. The molecule has 0 saturated carbocycles. The third-order valence-corrected chi connectivity index (χ3v) is 4.83. The van der Waals surface area contributed by atoms with Crippen molar-refractivity contribution in [1.29, 1.82) is 0 Å². The van der Waals surface area contributed by atoms with E-state index in [1.807, 2.05) is 61.5 Å². The lowest BCUT2D eigenvalue weighted by Crippen LogP contribution is -2.30. The Hall–Kier alpha value is -2.82. The predicted octanol–water partition coefficient (Wildman–Crippen LogP) is 3.30. The summed E-state index contributed by atoms with van der Waals surface area (Å²) in [4.78, 5) is 25.2. The van der Waals surface area contributed by atoms with Gasteiger partial charge in [-0.25, -0.2) is 0 Å². The molecule has 1 amide bonds. The number of ether oxygens (including phenoxy) is 1. The maximum absolute atomic E-state index is 12.4. The molecule has 1 heterocycles. The van der Waals surface area contributed by atoms with Gasteiger partial charge in [-0.05, 0) is 17.5 Å². The van der Waals surface area contributed by atoms with Crippen LogP contribution >= 0.6 is 0 Å². The van der Waals surface area contributed by atoms with E-state index in [2.05, 4.69) is 0 Å². The monoisotopic (exact) mass is 353 g/mol.